The van der Waals surface area contributed by atoms with Crippen LogP contribution in [0.1, 0.15) is 0 Å². The lowest BCUT2D eigenvalue weighted by Crippen LogP contribution is -2.44. The Labute approximate surface area is 154 Å². The number of aliphatic carboxylic acids is 3. The van der Waals surface area contributed by atoms with E-state index in [4.69, 9.17) is 15.3 Å². The third-order valence-electron chi connectivity index (χ3n) is 3.19. The highest BCUT2D eigenvalue weighted by Crippen LogP contribution is 1.97. The van der Waals surface area contributed by atoms with E-state index in [9.17, 15) is 24.0 Å². The molecule has 0 aliphatic carbocycles. The highest BCUT2D eigenvalue weighted by atomic mass is 16.5. The van der Waals surface area contributed by atoms with Crippen molar-refractivity contribution in [3.05, 3.63) is 0 Å². The van der Waals surface area contributed by atoms with Crippen LogP contribution in [0.5, 0.6) is 0 Å². The Hall–Kier alpha value is -2.77. The second-order valence-corrected chi connectivity index (χ2v) is 5.35. The van der Waals surface area contributed by atoms with Gasteiger partial charge in [0.05, 0.1) is 19.6 Å². The van der Waals surface area contributed by atoms with Gasteiger partial charge in [0.15, 0.2) is 0 Å². The average molecular weight is 393 g/mol. The number of carbonyl (C=O) groups excluding carboxylic acids is 2. The van der Waals surface area contributed by atoms with Crippen molar-refractivity contribution in [3.8, 4) is 0 Å². The quantitative estimate of drug-likeness (QED) is 0.163. The molecular formula is C14H23N3O10. The van der Waals surface area contributed by atoms with Gasteiger partial charge >= 0.3 is 17.9 Å². The zero-order chi connectivity index (χ0) is 20.7. The molecular weight excluding hydrogens is 370 g/mol. The van der Waals surface area contributed by atoms with Crippen LogP contribution in [0.2, 0.25) is 0 Å². The van der Waals surface area contributed by atoms with Crippen LogP contribution < -0.4 is 0 Å². The van der Waals surface area contributed by atoms with E-state index in [1.807, 2.05) is 0 Å². The molecule has 0 unspecified atom stereocenters. The Bertz CT molecular complexity index is 486. The smallest absolute Gasteiger partial charge is 0.317 e. The summed E-state index contributed by atoms with van der Waals surface area (Å²) >= 11 is 0. The zero-order valence-electron chi connectivity index (χ0n) is 14.6. The molecule has 0 aromatic heterocycles. The Morgan fingerprint density at radius 2 is 0.963 bits per heavy atom. The molecule has 0 atom stereocenters. The molecule has 154 valence electrons. The van der Waals surface area contributed by atoms with Crippen LogP contribution in [0.25, 0.3) is 0 Å². The van der Waals surface area contributed by atoms with Crippen molar-refractivity contribution < 1.29 is 48.8 Å². The van der Waals surface area contributed by atoms with Gasteiger partial charge in [-0.1, -0.05) is 0 Å². The molecule has 0 aromatic rings. The highest BCUT2D eigenvalue weighted by molar-refractivity contribution is 5.72. The maximum atomic E-state index is 10.8. The van der Waals surface area contributed by atoms with Gasteiger partial charge in [-0.3, -0.25) is 38.7 Å². The Morgan fingerprint density at radius 3 is 1.37 bits per heavy atom. The molecule has 0 radical (unpaired) electrons. The van der Waals surface area contributed by atoms with Crippen LogP contribution in [0.4, 0.5) is 0 Å². The minimum atomic E-state index is -1.19. The lowest BCUT2D eigenvalue weighted by molar-refractivity contribution is -0.143. The topological polar surface area (TPSA) is 174 Å². The van der Waals surface area contributed by atoms with E-state index in [0.29, 0.717) is 0 Å². The molecule has 0 saturated heterocycles. The van der Waals surface area contributed by atoms with E-state index in [2.05, 4.69) is 9.47 Å². The van der Waals surface area contributed by atoms with Gasteiger partial charge in [0.2, 0.25) is 0 Å². The molecule has 27 heavy (non-hydrogen) atoms. The van der Waals surface area contributed by atoms with E-state index in [-0.39, 0.29) is 59.1 Å². The van der Waals surface area contributed by atoms with Crippen LogP contribution in [0.15, 0.2) is 0 Å². The molecule has 0 bridgehead atoms. The zero-order valence-corrected chi connectivity index (χ0v) is 14.6. The Kier molecular flexibility index (Phi) is 12.9. The van der Waals surface area contributed by atoms with Gasteiger partial charge in [0, 0.05) is 26.2 Å². The van der Waals surface area contributed by atoms with Crippen molar-refractivity contribution in [1.29, 1.82) is 0 Å². The van der Waals surface area contributed by atoms with Crippen LogP contribution >= 0.6 is 0 Å². The lowest BCUT2D eigenvalue weighted by Gasteiger charge is -2.27. The molecule has 0 heterocycles. The molecule has 0 amide bonds. The largest absolute Gasteiger partial charge is 0.480 e. The number of ether oxygens (including phenoxy) is 2. The normalized spacial score (nSPS) is 10.8. The summed E-state index contributed by atoms with van der Waals surface area (Å²) in [6.07, 6.45) is 0. The van der Waals surface area contributed by atoms with Gasteiger partial charge in [-0.05, 0) is 0 Å². The summed E-state index contributed by atoms with van der Waals surface area (Å²) in [7, 11) is 0. The third kappa shape index (κ3) is 14.1. The van der Waals surface area contributed by atoms with Crippen LogP contribution in [0.3, 0.4) is 0 Å². The predicted molar refractivity (Wildman–Crippen MR) is 86.5 cm³/mol. The van der Waals surface area contributed by atoms with Crippen LogP contribution in [-0.4, -0.2) is 120 Å². The first-order valence-electron chi connectivity index (χ1n) is 7.71. The third-order valence-corrected chi connectivity index (χ3v) is 3.19. The standard InChI is InChI=1S/C14H23N3O10/c18-10-26-8-15(1-3-16(5-12(20)21)6-13(22)23)2-4-17(7-14(24)25)9-27-11-19/h10-11H,1-9H2,(H,20,21)(H,22,23)(H,24,25). The molecule has 13 nitrogen and oxygen atoms in total. The van der Waals surface area contributed by atoms with Gasteiger partial charge in [-0.15, -0.1) is 0 Å². The Balaban J connectivity index is 4.74. The van der Waals surface area contributed by atoms with Crippen LogP contribution in [-0.2, 0) is 33.4 Å². The monoisotopic (exact) mass is 393 g/mol. The molecule has 0 fully saturated rings. The molecule has 0 rings (SSSR count). The summed E-state index contributed by atoms with van der Waals surface area (Å²) in [5.74, 6) is -3.51. The number of carbonyl (C=O) groups is 5. The SMILES string of the molecule is O=COCN(CCN(COC=O)CC(=O)O)CCN(CC(=O)O)CC(=O)O. The minimum Gasteiger partial charge on any atom is -0.480 e. The van der Waals surface area contributed by atoms with Crippen molar-refractivity contribution in [3.63, 3.8) is 0 Å². The van der Waals surface area contributed by atoms with Crippen molar-refractivity contribution in [2.24, 2.45) is 0 Å². The first kappa shape index (κ1) is 24.2. The van der Waals surface area contributed by atoms with E-state index in [0.717, 1.165) is 0 Å². The number of rotatable bonds is 18. The van der Waals surface area contributed by atoms with Gasteiger partial charge in [-0.25, -0.2) is 0 Å². The summed E-state index contributed by atoms with van der Waals surface area (Å²) in [4.78, 5) is 57.1. The maximum Gasteiger partial charge on any atom is 0.317 e. The Morgan fingerprint density at radius 1 is 0.630 bits per heavy atom. The maximum absolute atomic E-state index is 10.8. The first-order valence-corrected chi connectivity index (χ1v) is 7.71. The van der Waals surface area contributed by atoms with Crippen molar-refractivity contribution in [1.82, 2.24) is 14.7 Å². The second kappa shape index (κ2) is 14.4. The molecule has 0 saturated carbocycles. The lowest BCUT2D eigenvalue weighted by atomic mass is 10.4. The summed E-state index contributed by atoms with van der Waals surface area (Å²) in [5, 5.41) is 26.5. The summed E-state index contributed by atoms with van der Waals surface area (Å²) in [6.45, 7) is -0.816. The number of carboxylic acids is 3. The van der Waals surface area contributed by atoms with Crippen molar-refractivity contribution in [2.75, 3.05) is 59.3 Å². The summed E-state index contributed by atoms with van der Waals surface area (Å²) in [5.41, 5.74) is 0. The van der Waals surface area contributed by atoms with Crippen molar-refractivity contribution in [2.45, 2.75) is 0 Å². The van der Waals surface area contributed by atoms with Gasteiger partial charge in [-0.2, -0.15) is 0 Å². The fraction of sp³-hybridized carbons (Fsp3) is 0.643. The molecule has 0 aromatic carbocycles. The first-order chi connectivity index (χ1) is 12.8. The second-order valence-electron chi connectivity index (χ2n) is 5.35. The van der Waals surface area contributed by atoms with Crippen molar-refractivity contribution >= 4 is 30.9 Å². The number of nitrogens with zero attached hydrogens (tertiary/aromatic N) is 3. The van der Waals surface area contributed by atoms with E-state index in [1.165, 1.54) is 9.80 Å². The average Bonchev–Trinajstić information content (AvgIpc) is 2.56. The van der Waals surface area contributed by atoms with Gasteiger partial charge in [0.1, 0.15) is 13.5 Å². The van der Waals surface area contributed by atoms with E-state index < -0.39 is 31.0 Å². The number of carboxylic acid groups (broad SMARTS) is 3. The van der Waals surface area contributed by atoms with E-state index >= 15 is 0 Å². The molecule has 0 aliphatic rings. The van der Waals surface area contributed by atoms with E-state index in [1.54, 1.807) is 4.90 Å². The fourth-order valence-electron chi connectivity index (χ4n) is 2.06. The van der Waals surface area contributed by atoms with Gasteiger partial charge < -0.3 is 24.8 Å². The molecule has 0 aliphatic heterocycles. The molecule has 0 spiro atoms. The minimum absolute atomic E-state index is 0.0601. The summed E-state index contributed by atoms with van der Waals surface area (Å²) in [6, 6.07) is 0. The highest BCUT2D eigenvalue weighted by Gasteiger charge is 2.17. The number of hydrogen-bond acceptors (Lipinski definition) is 10. The fourth-order valence-corrected chi connectivity index (χ4v) is 2.06. The summed E-state index contributed by atoms with van der Waals surface area (Å²) < 4.78 is 9.19. The van der Waals surface area contributed by atoms with Gasteiger partial charge in [0.25, 0.3) is 12.9 Å². The molecule has 13 heteroatoms. The van der Waals surface area contributed by atoms with Crippen LogP contribution in [0, 0.1) is 0 Å². The molecule has 3 N–H and O–H groups in total. The predicted octanol–water partition coefficient (Wildman–Crippen LogP) is -2.59. The number of hydrogen-bond donors (Lipinski definition) is 3.